The maximum absolute atomic E-state index is 12.7. The van der Waals surface area contributed by atoms with Crippen LogP contribution in [0.5, 0.6) is 11.5 Å². The van der Waals surface area contributed by atoms with Gasteiger partial charge >= 0.3 is 0 Å². The van der Waals surface area contributed by atoms with Gasteiger partial charge in [-0.1, -0.05) is 45.0 Å². The zero-order chi connectivity index (χ0) is 25.9. The van der Waals surface area contributed by atoms with Gasteiger partial charge in [0.15, 0.2) is 5.82 Å². The van der Waals surface area contributed by atoms with Gasteiger partial charge in [-0.05, 0) is 61.1 Å². The van der Waals surface area contributed by atoms with Crippen molar-refractivity contribution in [2.24, 2.45) is 0 Å². The fourth-order valence-electron chi connectivity index (χ4n) is 4.09. The van der Waals surface area contributed by atoms with Crippen LogP contribution in [0.1, 0.15) is 50.4 Å². The minimum absolute atomic E-state index is 0.0991. The summed E-state index contributed by atoms with van der Waals surface area (Å²) in [4.78, 5) is 17.5. The molecule has 0 aliphatic carbocycles. The summed E-state index contributed by atoms with van der Waals surface area (Å²) < 4.78 is 13.0. The minimum Gasteiger partial charge on any atom is -0.494 e. The lowest BCUT2D eigenvalue weighted by Gasteiger charge is -2.19. The van der Waals surface area contributed by atoms with Gasteiger partial charge in [0, 0.05) is 17.9 Å². The molecule has 4 aromatic rings. The second kappa shape index (κ2) is 10.4. The third-order valence-electron chi connectivity index (χ3n) is 6.07. The summed E-state index contributed by atoms with van der Waals surface area (Å²) in [6.45, 7) is 10.9. The smallest absolute Gasteiger partial charge is 0.225 e. The molecule has 0 fully saturated rings. The summed E-state index contributed by atoms with van der Waals surface area (Å²) in [6, 6.07) is 17.8. The van der Waals surface area contributed by atoms with Crippen molar-refractivity contribution < 1.29 is 14.3 Å². The molecule has 1 amide bonds. The maximum atomic E-state index is 12.7. The monoisotopic (exact) mass is 486 g/mol. The largest absolute Gasteiger partial charge is 0.494 e. The number of amides is 1. The number of carbonyl (C=O) groups excluding carboxylic acids is 1. The molecule has 0 bridgehead atoms. The van der Waals surface area contributed by atoms with Crippen LogP contribution >= 0.6 is 0 Å². The van der Waals surface area contributed by atoms with Crippen molar-refractivity contribution in [1.29, 1.82) is 0 Å². The summed E-state index contributed by atoms with van der Waals surface area (Å²) in [5, 5.41) is 8.57. The van der Waals surface area contributed by atoms with Crippen molar-refractivity contribution in [1.82, 2.24) is 14.8 Å². The van der Waals surface area contributed by atoms with Crippen LogP contribution in [0.25, 0.3) is 16.7 Å². The van der Waals surface area contributed by atoms with E-state index < -0.39 is 0 Å². The van der Waals surface area contributed by atoms with E-state index in [9.17, 15) is 4.79 Å². The maximum Gasteiger partial charge on any atom is 0.225 e. The number of pyridine rings is 1. The first-order valence-electron chi connectivity index (χ1n) is 12.2. The second-order valence-corrected chi connectivity index (χ2v) is 10.0. The Morgan fingerprint density at radius 1 is 1.06 bits per heavy atom. The van der Waals surface area contributed by atoms with E-state index in [-0.39, 0.29) is 11.3 Å². The van der Waals surface area contributed by atoms with E-state index in [1.165, 1.54) is 5.56 Å². The Hall–Kier alpha value is -3.87. The lowest BCUT2D eigenvalue weighted by Crippen LogP contribution is -2.16. The van der Waals surface area contributed by atoms with Crippen LogP contribution in [0.15, 0.2) is 54.6 Å². The summed E-state index contributed by atoms with van der Waals surface area (Å²) >= 11 is 0. The molecule has 0 spiro atoms. The van der Waals surface area contributed by atoms with Gasteiger partial charge in [-0.25, -0.2) is 4.98 Å². The predicted molar refractivity (Wildman–Crippen MR) is 143 cm³/mol. The van der Waals surface area contributed by atoms with Crippen molar-refractivity contribution in [3.05, 3.63) is 71.4 Å². The molecule has 188 valence electrons. The molecule has 7 nitrogen and oxygen atoms in total. The summed E-state index contributed by atoms with van der Waals surface area (Å²) in [7, 11) is 1.63. The van der Waals surface area contributed by atoms with Crippen LogP contribution in [0, 0.1) is 13.8 Å². The fourth-order valence-corrected chi connectivity index (χ4v) is 4.09. The summed E-state index contributed by atoms with van der Waals surface area (Å²) in [5.74, 6) is 2.61. The molecule has 0 radical (unpaired) electrons. The van der Waals surface area contributed by atoms with Crippen LogP contribution in [-0.4, -0.2) is 34.4 Å². The van der Waals surface area contributed by atoms with Crippen LogP contribution in [-0.2, 0) is 10.2 Å². The predicted octanol–water partition coefficient (Wildman–Crippen LogP) is 6.14. The van der Waals surface area contributed by atoms with E-state index in [0.29, 0.717) is 36.8 Å². The number of anilines is 1. The number of benzene rings is 2. The van der Waals surface area contributed by atoms with E-state index in [1.54, 1.807) is 11.8 Å². The first-order valence-corrected chi connectivity index (χ1v) is 12.2. The van der Waals surface area contributed by atoms with E-state index in [0.717, 1.165) is 27.9 Å². The van der Waals surface area contributed by atoms with Gasteiger partial charge < -0.3 is 14.8 Å². The highest BCUT2D eigenvalue weighted by Gasteiger charge is 2.16. The second-order valence-electron chi connectivity index (χ2n) is 10.0. The number of nitrogens with zero attached hydrogens (tertiary/aromatic N) is 3. The number of aromatic nitrogens is 3. The number of fused-ring (bicyclic) bond motifs is 1. The molecule has 4 rings (SSSR count). The molecule has 0 unspecified atom stereocenters. The number of hydrogen-bond donors (Lipinski definition) is 1. The van der Waals surface area contributed by atoms with E-state index in [1.807, 2.05) is 56.3 Å². The van der Waals surface area contributed by atoms with Gasteiger partial charge in [0.1, 0.15) is 22.8 Å². The standard InChI is InChI=1S/C29H34N4O3/c1-19-17-25(31-28-23(19)9-7-10-24(28)35-6)33-26(18-20(2)32-33)30-27(34)11-8-16-36-22-14-12-21(13-15-22)29(3,4)5/h7,9-10,12-15,17-18H,8,11,16H2,1-6H3,(H,30,34). The molecular formula is C29H34N4O3. The van der Waals surface area contributed by atoms with Gasteiger partial charge in [-0.15, -0.1) is 0 Å². The molecule has 0 aliphatic rings. The van der Waals surface area contributed by atoms with Crippen LogP contribution in [0.2, 0.25) is 0 Å². The zero-order valence-electron chi connectivity index (χ0n) is 21.9. The normalized spacial score (nSPS) is 11.5. The van der Waals surface area contributed by atoms with Crippen LogP contribution in [0.3, 0.4) is 0 Å². The van der Waals surface area contributed by atoms with Crippen LogP contribution < -0.4 is 14.8 Å². The quantitative estimate of drug-likeness (QED) is 0.303. The number of hydrogen-bond acceptors (Lipinski definition) is 5. The number of nitrogens with one attached hydrogen (secondary N) is 1. The average Bonchev–Trinajstić information content (AvgIpc) is 3.21. The Bertz CT molecular complexity index is 1370. The molecular weight excluding hydrogens is 452 g/mol. The molecule has 7 heteroatoms. The number of para-hydroxylation sites is 1. The zero-order valence-corrected chi connectivity index (χ0v) is 21.9. The van der Waals surface area contributed by atoms with Gasteiger partial charge in [0.25, 0.3) is 0 Å². The first kappa shape index (κ1) is 25.2. The summed E-state index contributed by atoms with van der Waals surface area (Å²) in [5.41, 5.74) is 3.96. The molecule has 1 N–H and O–H groups in total. The summed E-state index contributed by atoms with van der Waals surface area (Å²) in [6.07, 6.45) is 0.937. The van der Waals surface area contributed by atoms with Crippen molar-refractivity contribution in [3.63, 3.8) is 0 Å². The molecule has 0 saturated heterocycles. The Labute approximate surface area is 212 Å². The number of aryl methyl sites for hydroxylation is 2. The van der Waals surface area contributed by atoms with Crippen molar-refractivity contribution in [2.45, 2.75) is 52.9 Å². The van der Waals surface area contributed by atoms with Crippen molar-refractivity contribution in [2.75, 3.05) is 19.0 Å². The molecule has 2 aromatic carbocycles. The average molecular weight is 487 g/mol. The Balaban J connectivity index is 1.40. The molecule has 0 saturated carbocycles. The van der Waals surface area contributed by atoms with Gasteiger partial charge in [-0.3, -0.25) is 4.79 Å². The lowest BCUT2D eigenvalue weighted by molar-refractivity contribution is -0.116. The molecule has 36 heavy (non-hydrogen) atoms. The third kappa shape index (κ3) is 5.67. The molecule has 0 aliphatic heterocycles. The van der Waals surface area contributed by atoms with Crippen LogP contribution in [0.4, 0.5) is 5.82 Å². The number of ether oxygens (including phenoxy) is 2. The fraction of sp³-hybridized carbons (Fsp3) is 0.345. The van der Waals surface area contributed by atoms with Gasteiger partial charge in [-0.2, -0.15) is 9.78 Å². The van der Waals surface area contributed by atoms with Gasteiger partial charge in [0.2, 0.25) is 5.91 Å². The number of carbonyl (C=O) groups is 1. The highest BCUT2D eigenvalue weighted by atomic mass is 16.5. The number of rotatable bonds is 8. The highest BCUT2D eigenvalue weighted by Crippen LogP contribution is 2.29. The first-order chi connectivity index (χ1) is 17.2. The van der Waals surface area contributed by atoms with Crippen molar-refractivity contribution in [3.8, 4) is 17.3 Å². The topological polar surface area (TPSA) is 78.3 Å². The van der Waals surface area contributed by atoms with E-state index in [2.05, 4.69) is 43.3 Å². The molecule has 0 atom stereocenters. The van der Waals surface area contributed by atoms with E-state index in [4.69, 9.17) is 14.5 Å². The highest BCUT2D eigenvalue weighted by molar-refractivity contribution is 5.91. The Kier molecular flexibility index (Phi) is 7.29. The van der Waals surface area contributed by atoms with Gasteiger partial charge in [0.05, 0.1) is 19.4 Å². The van der Waals surface area contributed by atoms with E-state index >= 15 is 0 Å². The molecule has 2 heterocycles. The SMILES string of the molecule is COc1cccc2c(C)cc(-n3nc(C)cc3NC(=O)CCCOc3ccc(C(C)(C)C)cc3)nc12. The number of methoxy groups -OCH3 is 1. The molecule has 2 aromatic heterocycles. The third-order valence-corrected chi connectivity index (χ3v) is 6.07. The minimum atomic E-state index is -0.0991. The Morgan fingerprint density at radius 3 is 2.50 bits per heavy atom. The lowest BCUT2D eigenvalue weighted by atomic mass is 9.87. The Morgan fingerprint density at radius 2 is 1.81 bits per heavy atom. The van der Waals surface area contributed by atoms with Crippen molar-refractivity contribution >= 4 is 22.6 Å².